The highest BCUT2D eigenvalue weighted by Gasteiger charge is 2.13. The highest BCUT2D eigenvalue weighted by atomic mass is 16.7. The van der Waals surface area contributed by atoms with Crippen LogP contribution < -0.4 is 11.5 Å². The molecule has 2 rings (SSSR count). The molecule has 4 N–H and O–H groups in total. The van der Waals surface area contributed by atoms with E-state index in [1.165, 1.54) is 5.06 Å². The summed E-state index contributed by atoms with van der Waals surface area (Å²) in [4.78, 5) is 13.1. The Hall–Kier alpha value is -2.08. The van der Waals surface area contributed by atoms with Crippen LogP contribution in [0, 0.1) is 0 Å². The number of hydrogen-bond acceptors (Lipinski definition) is 6. The van der Waals surface area contributed by atoms with Crippen LogP contribution in [0.25, 0.3) is 0 Å². The Morgan fingerprint density at radius 2 is 2.00 bits per heavy atom. The van der Waals surface area contributed by atoms with Gasteiger partial charge >= 0.3 is 0 Å². The lowest BCUT2D eigenvalue weighted by Crippen LogP contribution is -2.41. The minimum absolute atomic E-state index is 0.178. The molecule has 1 aromatic carbocycles. The molecule has 6 nitrogen and oxygen atoms in total. The van der Waals surface area contributed by atoms with Gasteiger partial charge in [0.15, 0.2) is 0 Å². The molecule has 16 heavy (non-hydrogen) atoms. The van der Waals surface area contributed by atoms with Crippen LogP contribution in [-0.2, 0) is 11.4 Å². The first-order chi connectivity index (χ1) is 7.75. The van der Waals surface area contributed by atoms with Crippen molar-refractivity contribution >= 4 is 11.9 Å². The summed E-state index contributed by atoms with van der Waals surface area (Å²) in [6, 6.07) is 9.78. The first-order valence-corrected chi connectivity index (χ1v) is 4.84. The van der Waals surface area contributed by atoms with Gasteiger partial charge in [0.1, 0.15) is 13.3 Å². The fourth-order valence-corrected chi connectivity index (χ4v) is 1.25. The van der Waals surface area contributed by atoms with E-state index in [0.29, 0.717) is 6.61 Å². The summed E-state index contributed by atoms with van der Waals surface area (Å²) in [5, 5.41) is 1.41. The molecule has 0 amide bonds. The molecular formula is C10H13N5O. The predicted molar refractivity (Wildman–Crippen MR) is 61.2 cm³/mol. The average molecular weight is 219 g/mol. The van der Waals surface area contributed by atoms with Gasteiger partial charge in [-0.15, -0.1) is 0 Å². The van der Waals surface area contributed by atoms with Crippen molar-refractivity contribution in [3.63, 3.8) is 0 Å². The number of nitrogens with zero attached hydrogens (tertiary/aromatic N) is 3. The number of aliphatic imine (C=N–C) groups is 2. The van der Waals surface area contributed by atoms with Crippen LogP contribution in [0.2, 0.25) is 0 Å². The van der Waals surface area contributed by atoms with E-state index in [1.807, 2.05) is 30.3 Å². The Morgan fingerprint density at radius 3 is 2.69 bits per heavy atom. The third kappa shape index (κ3) is 2.48. The third-order valence-electron chi connectivity index (χ3n) is 2.08. The fraction of sp³-hybridized carbons (Fsp3) is 0.200. The van der Waals surface area contributed by atoms with Gasteiger partial charge in [0.05, 0.1) is 0 Å². The smallest absolute Gasteiger partial charge is 0.225 e. The van der Waals surface area contributed by atoms with Crippen molar-refractivity contribution < 1.29 is 4.84 Å². The second-order valence-corrected chi connectivity index (χ2v) is 3.27. The van der Waals surface area contributed by atoms with Crippen molar-refractivity contribution in [2.75, 3.05) is 6.67 Å². The number of nitrogens with two attached hydrogens (primary N) is 2. The van der Waals surface area contributed by atoms with Gasteiger partial charge in [-0.25, -0.2) is 4.99 Å². The number of guanidine groups is 2. The highest BCUT2D eigenvalue weighted by molar-refractivity contribution is 5.94. The van der Waals surface area contributed by atoms with E-state index >= 15 is 0 Å². The summed E-state index contributed by atoms with van der Waals surface area (Å²) >= 11 is 0. The summed E-state index contributed by atoms with van der Waals surface area (Å²) in [5.41, 5.74) is 12.1. The zero-order valence-electron chi connectivity index (χ0n) is 8.71. The number of hydroxylamine groups is 2. The molecule has 0 aliphatic carbocycles. The molecule has 6 heteroatoms. The molecule has 1 aliphatic rings. The molecule has 0 spiro atoms. The quantitative estimate of drug-likeness (QED) is 0.750. The highest BCUT2D eigenvalue weighted by Crippen LogP contribution is 2.04. The second-order valence-electron chi connectivity index (χ2n) is 3.27. The van der Waals surface area contributed by atoms with Gasteiger partial charge < -0.3 is 11.5 Å². The van der Waals surface area contributed by atoms with Crippen LogP contribution in [0.15, 0.2) is 40.3 Å². The number of benzene rings is 1. The molecule has 0 radical (unpaired) electrons. The zero-order chi connectivity index (χ0) is 11.4. The summed E-state index contributed by atoms with van der Waals surface area (Å²) in [5.74, 6) is 0.403. The van der Waals surface area contributed by atoms with E-state index < -0.39 is 0 Å². The molecule has 1 aromatic rings. The Bertz CT molecular complexity index is 414. The lowest BCUT2D eigenvalue weighted by molar-refractivity contribution is -0.111. The first-order valence-electron chi connectivity index (χ1n) is 4.84. The van der Waals surface area contributed by atoms with Crippen LogP contribution in [-0.4, -0.2) is 23.7 Å². The predicted octanol–water partition coefficient (Wildman–Crippen LogP) is 0.0207. The van der Waals surface area contributed by atoms with Crippen LogP contribution in [0.3, 0.4) is 0 Å². The van der Waals surface area contributed by atoms with Crippen molar-refractivity contribution in [2.24, 2.45) is 21.5 Å². The van der Waals surface area contributed by atoms with Crippen molar-refractivity contribution in [3.05, 3.63) is 35.9 Å². The van der Waals surface area contributed by atoms with E-state index in [0.717, 1.165) is 5.56 Å². The van der Waals surface area contributed by atoms with Crippen LogP contribution >= 0.6 is 0 Å². The Labute approximate surface area is 93.2 Å². The van der Waals surface area contributed by atoms with E-state index in [2.05, 4.69) is 9.98 Å². The maximum atomic E-state index is 5.62. The third-order valence-corrected chi connectivity index (χ3v) is 2.08. The minimum atomic E-state index is 0.178. The van der Waals surface area contributed by atoms with Gasteiger partial charge in [-0.1, -0.05) is 30.3 Å². The van der Waals surface area contributed by atoms with Crippen LogP contribution in [0.4, 0.5) is 0 Å². The summed E-state index contributed by atoms with van der Waals surface area (Å²) in [6.45, 7) is 0.695. The maximum absolute atomic E-state index is 5.62. The number of rotatable bonds is 3. The first kappa shape index (κ1) is 10.4. The molecular weight excluding hydrogens is 206 g/mol. The summed E-state index contributed by atoms with van der Waals surface area (Å²) in [6.07, 6.45) is 0. The van der Waals surface area contributed by atoms with E-state index in [9.17, 15) is 0 Å². The van der Waals surface area contributed by atoms with E-state index in [-0.39, 0.29) is 18.6 Å². The largest absolute Gasteiger partial charge is 0.368 e. The molecule has 0 bridgehead atoms. The van der Waals surface area contributed by atoms with Crippen LogP contribution in [0.5, 0.6) is 0 Å². The molecule has 1 heterocycles. The second kappa shape index (κ2) is 4.63. The topological polar surface area (TPSA) is 89.2 Å². The van der Waals surface area contributed by atoms with Gasteiger partial charge in [0.2, 0.25) is 11.9 Å². The zero-order valence-corrected chi connectivity index (χ0v) is 8.71. The molecule has 0 saturated heterocycles. The van der Waals surface area contributed by atoms with Gasteiger partial charge in [0, 0.05) is 0 Å². The monoisotopic (exact) mass is 219 g/mol. The lowest BCUT2D eigenvalue weighted by Gasteiger charge is -2.23. The fourth-order valence-electron chi connectivity index (χ4n) is 1.25. The van der Waals surface area contributed by atoms with Gasteiger partial charge in [-0.2, -0.15) is 10.1 Å². The van der Waals surface area contributed by atoms with Gasteiger partial charge in [0.25, 0.3) is 0 Å². The summed E-state index contributed by atoms with van der Waals surface area (Å²) in [7, 11) is 0. The molecule has 0 fully saturated rings. The Kier molecular flexibility index (Phi) is 3.02. The van der Waals surface area contributed by atoms with E-state index in [4.69, 9.17) is 16.3 Å². The van der Waals surface area contributed by atoms with Crippen LogP contribution in [0.1, 0.15) is 5.56 Å². The Morgan fingerprint density at radius 1 is 1.25 bits per heavy atom. The lowest BCUT2D eigenvalue weighted by atomic mass is 10.2. The van der Waals surface area contributed by atoms with Gasteiger partial charge in [-0.3, -0.25) is 4.84 Å². The van der Waals surface area contributed by atoms with Crippen molar-refractivity contribution in [1.82, 2.24) is 5.06 Å². The SMILES string of the molecule is NC1=NCN(OCc2ccccc2)C(N)=N1. The standard InChI is InChI=1S/C10H13N5O/c11-9-13-7-15(10(12)14-9)16-6-8-4-2-1-3-5-8/h1-5H,6-7H2,(H4,11,12,13,14). The minimum Gasteiger partial charge on any atom is -0.368 e. The molecule has 0 unspecified atom stereocenters. The molecule has 0 atom stereocenters. The van der Waals surface area contributed by atoms with Crippen molar-refractivity contribution in [2.45, 2.75) is 6.61 Å². The Balaban J connectivity index is 1.91. The normalized spacial score (nSPS) is 15.6. The van der Waals surface area contributed by atoms with Crippen molar-refractivity contribution in [1.29, 1.82) is 0 Å². The van der Waals surface area contributed by atoms with E-state index in [1.54, 1.807) is 0 Å². The van der Waals surface area contributed by atoms with Crippen molar-refractivity contribution in [3.8, 4) is 0 Å². The molecule has 0 aromatic heterocycles. The summed E-state index contributed by atoms with van der Waals surface area (Å²) < 4.78 is 0. The van der Waals surface area contributed by atoms with Gasteiger partial charge in [-0.05, 0) is 5.56 Å². The molecule has 1 aliphatic heterocycles. The maximum Gasteiger partial charge on any atom is 0.225 e. The molecule has 0 saturated carbocycles. The number of hydrogen-bond donors (Lipinski definition) is 2. The average Bonchev–Trinajstić information content (AvgIpc) is 2.29. The molecule has 84 valence electrons.